The lowest BCUT2D eigenvalue weighted by Gasteiger charge is -2.31. The Kier molecular flexibility index (Phi) is 6.43. The molecular weight excluding hydrogens is 458 g/mol. The highest BCUT2D eigenvalue weighted by Crippen LogP contribution is 2.33. The number of nitrogens with zero attached hydrogens (tertiary/aromatic N) is 4. The van der Waals surface area contributed by atoms with Crippen LogP contribution < -0.4 is 15.4 Å². The number of imidazole rings is 2. The van der Waals surface area contributed by atoms with Crippen LogP contribution in [-0.4, -0.2) is 62.4 Å². The Morgan fingerprint density at radius 3 is 2.67 bits per heavy atom. The van der Waals surface area contributed by atoms with Gasteiger partial charge in [-0.25, -0.2) is 14.9 Å². The third-order valence-corrected chi connectivity index (χ3v) is 6.57. The van der Waals surface area contributed by atoms with Crippen LogP contribution in [0.2, 0.25) is 0 Å². The monoisotopic (exact) mass is 487 g/mol. The molecule has 1 saturated heterocycles. The summed E-state index contributed by atoms with van der Waals surface area (Å²) in [7, 11) is 0. The summed E-state index contributed by atoms with van der Waals surface area (Å²) in [4.78, 5) is 44.1. The number of aryl methyl sites for hydroxylation is 1. The van der Waals surface area contributed by atoms with Gasteiger partial charge in [-0.3, -0.25) is 9.59 Å². The molecule has 1 fully saturated rings. The van der Waals surface area contributed by atoms with Gasteiger partial charge in [-0.2, -0.15) is 0 Å². The third-order valence-electron chi connectivity index (χ3n) is 6.57. The maximum Gasteiger partial charge on any atom is 0.286 e. The summed E-state index contributed by atoms with van der Waals surface area (Å²) in [6, 6.07) is 13.1. The number of para-hydroxylation sites is 2. The van der Waals surface area contributed by atoms with E-state index in [4.69, 9.17) is 10.5 Å². The first-order chi connectivity index (χ1) is 17.4. The number of hydrogen-bond acceptors (Lipinski definition) is 6. The van der Waals surface area contributed by atoms with Gasteiger partial charge < -0.3 is 25.3 Å². The number of fused-ring (bicyclic) bond motifs is 1. The summed E-state index contributed by atoms with van der Waals surface area (Å²) in [5.74, 6) is -0.244. The minimum Gasteiger partial charge on any atom is -0.490 e. The van der Waals surface area contributed by atoms with Gasteiger partial charge in [0.2, 0.25) is 5.95 Å². The van der Waals surface area contributed by atoms with Crippen molar-refractivity contribution in [3.8, 4) is 5.75 Å². The molecule has 1 aliphatic rings. The van der Waals surface area contributed by atoms with Crippen LogP contribution in [0.15, 0.2) is 48.8 Å². The highest BCUT2D eigenvalue weighted by atomic mass is 16.5. The van der Waals surface area contributed by atoms with E-state index in [2.05, 4.69) is 31.8 Å². The van der Waals surface area contributed by atoms with Crippen LogP contribution in [0.25, 0.3) is 11.0 Å². The molecule has 0 unspecified atom stereocenters. The van der Waals surface area contributed by atoms with Crippen molar-refractivity contribution in [2.75, 3.05) is 24.5 Å². The summed E-state index contributed by atoms with van der Waals surface area (Å²) < 4.78 is 6.27. The number of H-pyrrole nitrogens is 2. The summed E-state index contributed by atoms with van der Waals surface area (Å²) in [5.41, 5.74) is 8.21. The zero-order valence-corrected chi connectivity index (χ0v) is 20.3. The lowest BCUT2D eigenvalue weighted by Crippen LogP contribution is -2.38. The molecule has 0 radical (unpaired) electrons. The van der Waals surface area contributed by atoms with E-state index in [0.29, 0.717) is 17.2 Å². The number of anilines is 2. The van der Waals surface area contributed by atoms with Gasteiger partial charge in [0.25, 0.3) is 11.8 Å². The van der Waals surface area contributed by atoms with Crippen LogP contribution in [0, 0.1) is 6.92 Å². The summed E-state index contributed by atoms with van der Waals surface area (Å²) in [6.07, 6.45) is 3.39. The minimum absolute atomic E-state index is 0.0582. The molecule has 10 nitrogen and oxygen atoms in total. The largest absolute Gasteiger partial charge is 0.490 e. The fraction of sp³-hybridized carbons (Fsp3) is 0.308. The Bertz CT molecular complexity index is 1370. The van der Waals surface area contributed by atoms with Gasteiger partial charge >= 0.3 is 0 Å². The maximum atomic E-state index is 13.8. The molecule has 3 heterocycles. The predicted molar refractivity (Wildman–Crippen MR) is 137 cm³/mol. The number of carbonyl (C=O) groups excluding carboxylic acids is 2. The fourth-order valence-electron chi connectivity index (χ4n) is 4.60. The van der Waals surface area contributed by atoms with E-state index in [9.17, 15) is 9.59 Å². The minimum atomic E-state index is -0.769. The fourth-order valence-corrected chi connectivity index (χ4v) is 4.60. The van der Waals surface area contributed by atoms with Gasteiger partial charge in [0.15, 0.2) is 5.69 Å². The van der Waals surface area contributed by atoms with Crippen molar-refractivity contribution in [3.63, 3.8) is 0 Å². The molecule has 5 rings (SSSR count). The number of hydrogen-bond donors (Lipinski definition) is 3. The number of aromatic nitrogens is 4. The number of amides is 2. The quantitative estimate of drug-likeness (QED) is 0.365. The molecule has 36 heavy (non-hydrogen) atoms. The summed E-state index contributed by atoms with van der Waals surface area (Å²) >= 11 is 0. The molecule has 10 heteroatoms. The number of rotatable bonds is 7. The highest BCUT2D eigenvalue weighted by Gasteiger charge is 2.30. The topological polar surface area (TPSA) is 133 Å². The van der Waals surface area contributed by atoms with E-state index in [1.54, 1.807) is 0 Å². The Balaban J connectivity index is 1.50. The molecule has 2 amide bonds. The van der Waals surface area contributed by atoms with Gasteiger partial charge in [0.1, 0.15) is 17.5 Å². The SMILES string of the molecule is CCN1CCC(Oc2ccc(N(C(=O)c3nc[nH]c3C(N)=O)c3nc4ccccc4[nH]3)c(C)c2)CC1. The molecule has 186 valence electrons. The Labute approximate surface area is 208 Å². The molecule has 0 saturated carbocycles. The number of piperidine rings is 1. The number of benzene rings is 2. The van der Waals surface area contributed by atoms with Crippen molar-refractivity contribution in [2.45, 2.75) is 32.8 Å². The van der Waals surface area contributed by atoms with Gasteiger partial charge in [-0.15, -0.1) is 0 Å². The van der Waals surface area contributed by atoms with E-state index in [1.165, 1.54) is 11.2 Å². The zero-order chi connectivity index (χ0) is 25.2. The van der Waals surface area contributed by atoms with Crippen LogP contribution >= 0.6 is 0 Å². The van der Waals surface area contributed by atoms with Gasteiger partial charge in [-0.05, 0) is 62.2 Å². The van der Waals surface area contributed by atoms with Gasteiger partial charge in [0, 0.05) is 13.1 Å². The normalized spacial score (nSPS) is 14.7. The van der Waals surface area contributed by atoms with Crippen LogP contribution in [0.5, 0.6) is 5.75 Å². The maximum absolute atomic E-state index is 13.8. The average Bonchev–Trinajstić information content (AvgIpc) is 3.53. The van der Waals surface area contributed by atoms with Crippen LogP contribution in [0.3, 0.4) is 0 Å². The predicted octanol–water partition coefficient (Wildman–Crippen LogP) is 3.53. The number of nitrogens with one attached hydrogen (secondary N) is 2. The number of carbonyl (C=O) groups is 2. The van der Waals surface area contributed by atoms with Crippen molar-refractivity contribution >= 4 is 34.5 Å². The first kappa shape index (κ1) is 23.6. The van der Waals surface area contributed by atoms with Gasteiger partial charge in [0.05, 0.1) is 23.0 Å². The van der Waals surface area contributed by atoms with E-state index in [-0.39, 0.29) is 17.5 Å². The standard InChI is InChI=1S/C26H29N7O3/c1-3-32-12-10-17(11-13-32)36-18-8-9-21(16(2)14-18)33(25(35)23-22(24(27)34)28-15-29-23)26-30-19-6-4-5-7-20(19)31-26/h4-9,14-15,17H,3,10-13H2,1-2H3,(H2,27,34)(H,28,29)(H,30,31). The second-order valence-electron chi connectivity index (χ2n) is 8.91. The molecule has 0 atom stereocenters. The molecule has 0 bridgehead atoms. The highest BCUT2D eigenvalue weighted by molar-refractivity contribution is 6.14. The average molecular weight is 488 g/mol. The number of primary amides is 1. The van der Waals surface area contributed by atoms with Crippen molar-refractivity contribution in [1.29, 1.82) is 0 Å². The molecule has 2 aromatic carbocycles. The molecule has 1 aliphatic heterocycles. The second kappa shape index (κ2) is 9.82. The molecule has 4 aromatic rings. The summed E-state index contributed by atoms with van der Waals surface area (Å²) in [6.45, 7) is 7.19. The summed E-state index contributed by atoms with van der Waals surface area (Å²) in [5, 5.41) is 0. The Hall–Kier alpha value is -4.18. The first-order valence-corrected chi connectivity index (χ1v) is 12.1. The lowest BCUT2D eigenvalue weighted by atomic mass is 10.1. The number of likely N-dealkylation sites (tertiary alicyclic amines) is 1. The third kappa shape index (κ3) is 4.55. The Morgan fingerprint density at radius 1 is 1.19 bits per heavy atom. The van der Waals surface area contributed by atoms with Crippen LogP contribution in [0.1, 0.15) is 46.3 Å². The van der Waals surface area contributed by atoms with E-state index in [1.807, 2.05) is 49.4 Å². The van der Waals surface area contributed by atoms with Crippen molar-refractivity contribution in [3.05, 3.63) is 65.7 Å². The molecule has 4 N–H and O–H groups in total. The molecule has 0 aliphatic carbocycles. The first-order valence-electron chi connectivity index (χ1n) is 12.1. The number of ether oxygens (including phenoxy) is 1. The number of aromatic amines is 2. The van der Waals surface area contributed by atoms with Crippen molar-refractivity contribution in [2.24, 2.45) is 5.73 Å². The number of nitrogens with two attached hydrogens (primary N) is 1. The van der Waals surface area contributed by atoms with E-state index >= 15 is 0 Å². The van der Waals surface area contributed by atoms with E-state index in [0.717, 1.165) is 49.3 Å². The molecule has 2 aromatic heterocycles. The van der Waals surface area contributed by atoms with E-state index < -0.39 is 11.8 Å². The molecular formula is C26H29N7O3. The zero-order valence-electron chi connectivity index (χ0n) is 20.3. The van der Waals surface area contributed by atoms with Crippen molar-refractivity contribution < 1.29 is 14.3 Å². The van der Waals surface area contributed by atoms with Crippen LogP contribution in [-0.2, 0) is 0 Å². The second-order valence-corrected chi connectivity index (χ2v) is 8.91. The van der Waals surface area contributed by atoms with Gasteiger partial charge in [-0.1, -0.05) is 19.1 Å². The van der Waals surface area contributed by atoms with Crippen molar-refractivity contribution in [1.82, 2.24) is 24.8 Å². The lowest BCUT2D eigenvalue weighted by molar-refractivity contribution is 0.0961. The Morgan fingerprint density at radius 2 is 1.97 bits per heavy atom. The van der Waals surface area contributed by atoms with Crippen LogP contribution in [0.4, 0.5) is 11.6 Å². The smallest absolute Gasteiger partial charge is 0.286 e. The molecule has 0 spiro atoms.